The van der Waals surface area contributed by atoms with Crippen LogP contribution in [-0.2, 0) is 0 Å². The first-order valence-electron chi connectivity index (χ1n) is 6.65. The highest BCUT2D eigenvalue weighted by atomic mass is 16.3. The fraction of sp³-hybridized carbons (Fsp3) is 1.00. The zero-order valence-electron chi connectivity index (χ0n) is 10.4. The molecule has 1 aliphatic carbocycles. The molecule has 0 aromatic carbocycles. The number of unbranched alkanes of at least 4 members (excludes halogenated alkanes) is 1. The third-order valence-electron chi connectivity index (χ3n) is 3.77. The maximum Gasteiger partial charge on any atom is 0.0613 e. The zero-order valence-corrected chi connectivity index (χ0v) is 10.4. The molecule has 1 rings (SSSR count). The summed E-state index contributed by atoms with van der Waals surface area (Å²) >= 11 is 0. The van der Waals surface area contributed by atoms with Crippen LogP contribution in [0.5, 0.6) is 0 Å². The van der Waals surface area contributed by atoms with E-state index >= 15 is 0 Å². The second kappa shape index (κ2) is 6.49. The topological polar surface area (TPSA) is 32.3 Å². The molecule has 1 unspecified atom stereocenters. The van der Waals surface area contributed by atoms with Gasteiger partial charge in [0, 0.05) is 11.6 Å². The van der Waals surface area contributed by atoms with Crippen molar-refractivity contribution in [2.75, 3.05) is 6.61 Å². The van der Waals surface area contributed by atoms with Crippen LogP contribution in [0.2, 0.25) is 0 Å². The third-order valence-corrected chi connectivity index (χ3v) is 3.77. The van der Waals surface area contributed by atoms with Crippen LogP contribution in [0, 0.1) is 0 Å². The first-order chi connectivity index (χ1) is 7.26. The Morgan fingerprint density at radius 1 is 1.27 bits per heavy atom. The van der Waals surface area contributed by atoms with Gasteiger partial charge in [-0.1, -0.05) is 39.5 Å². The van der Waals surface area contributed by atoms with Crippen LogP contribution >= 0.6 is 0 Å². The lowest BCUT2D eigenvalue weighted by atomic mass is 9.95. The van der Waals surface area contributed by atoms with Crippen molar-refractivity contribution in [3.63, 3.8) is 0 Å². The van der Waals surface area contributed by atoms with E-state index in [4.69, 9.17) is 0 Å². The molecule has 1 atom stereocenters. The van der Waals surface area contributed by atoms with Gasteiger partial charge in [0.1, 0.15) is 0 Å². The van der Waals surface area contributed by atoms with Gasteiger partial charge in [0.25, 0.3) is 0 Å². The predicted molar refractivity (Wildman–Crippen MR) is 65.0 cm³/mol. The van der Waals surface area contributed by atoms with Crippen LogP contribution in [-0.4, -0.2) is 23.3 Å². The van der Waals surface area contributed by atoms with Crippen LogP contribution in [0.15, 0.2) is 0 Å². The van der Waals surface area contributed by atoms with Gasteiger partial charge in [-0.3, -0.25) is 0 Å². The van der Waals surface area contributed by atoms with Gasteiger partial charge in [-0.05, 0) is 25.7 Å². The Morgan fingerprint density at radius 2 is 1.93 bits per heavy atom. The van der Waals surface area contributed by atoms with Gasteiger partial charge in [-0.15, -0.1) is 0 Å². The maximum atomic E-state index is 9.52. The molecule has 0 bridgehead atoms. The number of hydrogen-bond donors (Lipinski definition) is 2. The average molecular weight is 213 g/mol. The smallest absolute Gasteiger partial charge is 0.0613 e. The van der Waals surface area contributed by atoms with E-state index in [9.17, 15) is 5.11 Å². The number of aliphatic hydroxyl groups excluding tert-OH is 1. The molecule has 2 heteroatoms. The molecule has 1 saturated carbocycles. The fourth-order valence-electron chi connectivity index (χ4n) is 2.66. The van der Waals surface area contributed by atoms with Crippen molar-refractivity contribution in [2.24, 2.45) is 0 Å². The van der Waals surface area contributed by atoms with Crippen molar-refractivity contribution in [2.45, 2.75) is 76.8 Å². The normalized spacial score (nSPS) is 21.8. The van der Waals surface area contributed by atoms with Crippen molar-refractivity contribution in [1.29, 1.82) is 0 Å². The summed E-state index contributed by atoms with van der Waals surface area (Å²) < 4.78 is 0. The van der Waals surface area contributed by atoms with Gasteiger partial charge < -0.3 is 10.4 Å². The standard InChI is InChI=1S/C13H27NO/c1-3-5-8-12(4-2)14-13(11-15)9-6-7-10-13/h12,14-15H,3-11H2,1-2H3. The highest BCUT2D eigenvalue weighted by molar-refractivity contribution is 4.94. The second-order valence-corrected chi connectivity index (χ2v) is 5.04. The van der Waals surface area contributed by atoms with Crippen molar-refractivity contribution in [1.82, 2.24) is 5.32 Å². The highest BCUT2D eigenvalue weighted by Gasteiger charge is 2.34. The monoisotopic (exact) mass is 213 g/mol. The summed E-state index contributed by atoms with van der Waals surface area (Å²) in [5.41, 5.74) is 0.0639. The van der Waals surface area contributed by atoms with Gasteiger partial charge in [-0.25, -0.2) is 0 Å². The summed E-state index contributed by atoms with van der Waals surface area (Å²) in [6.45, 7) is 4.80. The Morgan fingerprint density at radius 3 is 2.40 bits per heavy atom. The molecule has 0 aliphatic heterocycles. The molecule has 1 aliphatic rings. The first kappa shape index (κ1) is 13.0. The van der Waals surface area contributed by atoms with E-state index in [2.05, 4.69) is 19.2 Å². The SMILES string of the molecule is CCCCC(CC)NC1(CO)CCCC1. The van der Waals surface area contributed by atoms with Crippen molar-refractivity contribution in [3.8, 4) is 0 Å². The lowest BCUT2D eigenvalue weighted by molar-refractivity contribution is 0.147. The highest BCUT2D eigenvalue weighted by Crippen LogP contribution is 2.30. The maximum absolute atomic E-state index is 9.52. The van der Waals surface area contributed by atoms with Crippen LogP contribution in [0.1, 0.15) is 65.2 Å². The fourth-order valence-corrected chi connectivity index (χ4v) is 2.66. The van der Waals surface area contributed by atoms with Gasteiger partial charge in [0.05, 0.1) is 6.61 Å². The molecule has 2 N–H and O–H groups in total. The summed E-state index contributed by atoms with van der Waals surface area (Å²) in [6.07, 6.45) is 9.88. The molecule has 0 saturated heterocycles. The molecule has 1 fully saturated rings. The lowest BCUT2D eigenvalue weighted by Crippen LogP contribution is -2.51. The van der Waals surface area contributed by atoms with Crippen LogP contribution < -0.4 is 5.32 Å². The Bertz CT molecular complexity index is 164. The van der Waals surface area contributed by atoms with Crippen molar-refractivity contribution >= 4 is 0 Å². The van der Waals surface area contributed by atoms with Gasteiger partial charge >= 0.3 is 0 Å². The molecule has 0 amide bonds. The summed E-state index contributed by atoms with van der Waals surface area (Å²) in [4.78, 5) is 0. The van der Waals surface area contributed by atoms with E-state index in [-0.39, 0.29) is 5.54 Å². The first-order valence-corrected chi connectivity index (χ1v) is 6.65. The van der Waals surface area contributed by atoms with Gasteiger partial charge in [0.2, 0.25) is 0 Å². The molecule has 2 nitrogen and oxygen atoms in total. The van der Waals surface area contributed by atoms with Gasteiger partial charge in [-0.2, -0.15) is 0 Å². The minimum atomic E-state index is 0.0639. The Labute approximate surface area is 94.5 Å². The quantitative estimate of drug-likeness (QED) is 0.681. The van der Waals surface area contributed by atoms with E-state index in [0.717, 1.165) is 12.8 Å². The molecule has 15 heavy (non-hydrogen) atoms. The molecule has 0 aromatic rings. The van der Waals surface area contributed by atoms with Crippen LogP contribution in [0.4, 0.5) is 0 Å². The van der Waals surface area contributed by atoms with E-state index < -0.39 is 0 Å². The van der Waals surface area contributed by atoms with E-state index in [1.807, 2.05) is 0 Å². The molecular formula is C13H27NO. The Kier molecular flexibility index (Phi) is 5.62. The largest absolute Gasteiger partial charge is 0.394 e. The summed E-state index contributed by atoms with van der Waals surface area (Å²) in [5, 5.41) is 13.2. The Balaban J connectivity index is 2.40. The van der Waals surface area contributed by atoms with Gasteiger partial charge in [0.15, 0.2) is 0 Å². The van der Waals surface area contributed by atoms with E-state index in [0.29, 0.717) is 12.6 Å². The van der Waals surface area contributed by atoms with Crippen LogP contribution in [0.3, 0.4) is 0 Å². The number of aliphatic hydroxyl groups is 1. The molecule has 90 valence electrons. The Hall–Kier alpha value is -0.0800. The molecule has 0 spiro atoms. The molecule has 0 radical (unpaired) electrons. The van der Waals surface area contributed by atoms with E-state index in [1.54, 1.807) is 0 Å². The minimum absolute atomic E-state index is 0.0639. The summed E-state index contributed by atoms with van der Waals surface area (Å²) in [6, 6.07) is 0.607. The zero-order chi connectivity index (χ0) is 11.1. The number of nitrogens with one attached hydrogen (secondary N) is 1. The van der Waals surface area contributed by atoms with Crippen molar-refractivity contribution < 1.29 is 5.11 Å². The molecular weight excluding hydrogens is 186 g/mol. The minimum Gasteiger partial charge on any atom is -0.394 e. The lowest BCUT2D eigenvalue weighted by Gasteiger charge is -2.33. The van der Waals surface area contributed by atoms with Crippen molar-refractivity contribution in [3.05, 3.63) is 0 Å². The summed E-state index contributed by atoms with van der Waals surface area (Å²) in [7, 11) is 0. The second-order valence-electron chi connectivity index (χ2n) is 5.04. The summed E-state index contributed by atoms with van der Waals surface area (Å²) in [5.74, 6) is 0. The third kappa shape index (κ3) is 3.76. The average Bonchev–Trinajstić information content (AvgIpc) is 2.73. The predicted octanol–water partition coefficient (Wildman–Crippen LogP) is 2.85. The van der Waals surface area contributed by atoms with Crippen LogP contribution in [0.25, 0.3) is 0 Å². The number of hydrogen-bond acceptors (Lipinski definition) is 2. The number of rotatable bonds is 7. The molecule has 0 heterocycles. The molecule has 0 aromatic heterocycles. The van der Waals surface area contributed by atoms with E-state index in [1.165, 1.54) is 38.5 Å².